The highest BCUT2D eigenvalue weighted by atomic mass is 16.5. The number of amides is 2. The first kappa shape index (κ1) is 18.1. The maximum Gasteiger partial charge on any atom is 0.324 e. The first-order valence-electron chi connectivity index (χ1n) is 9.82. The zero-order valence-corrected chi connectivity index (χ0v) is 16.3. The van der Waals surface area contributed by atoms with Crippen LogP contribution in [0, 0.1) is 0 Å². The first-order valence-corrected chi connectivity index (χ1v) is 9.82. The SMILES string of the molecule is O=C(Nc1ccc2c(c1)N(Cc1ccccc1)CCO2)Nc1ccc2cc[nH]c2n1. The first-order chi connectivity index (χ1) is 14.7. The minimum absolute atomic E-state index is 0.348. The average Bonchev–Trinajstić information content (AvgIpc) is 3.23. The molecule has 7 nitrogen and oxygen atoms in total. The van der Waals surface area contributed by atoms with E-state index >= 15 is 0 Å². The number of carbonyl (C=O) groups is 1. The van der Waals surface area contributed by atoms with E-state index in [1.807, 2.05) is 54.7 Å². The summed E-state index contributed by atoms with van der Waals surface area (Å²) < 4.78 is 5.80. The second-order valence-corrected chi connectivity index (χ2v) is 7.13. The van der Waals surface area contributed by atoms with Gasteiger partial charge >= 0.3 is 6.03 Å². The van der Waals surface area contributed by atoms with E-state index in [-0.39, 0.29) is 6.03 Å². The number of rotatable bonds is 4. The molecule has 4 aromatic rings. The highest BCUT2D eigenvalue weighted by Crippen LogP contribution is 2.35. The van der Waals surface area contributed by atoms with Crippen molar-refractivity contribution in [1.82, 2.24) is 9.97 Å². The van der Waals surface area contributed by atoms with Crippen molar-refractivity contribution in [3.8, 4) is 5.75 Å². The van der Waals surface area contributed by atoms with Crippen LogP contribution in [0.5, 0.6) is 5.75 Å². The monoisotopic (exact) mass is 399 g/mol. The second-order valence-electron chi connectivity index (χ2n) is 7.13. The van der Waals surface area contributed by atoms with Gasteiger partial charge in [0.05, 0.1) is 12.2 Å². The van der Waals surface area contributed by atoms with Crippen molar-refractivity contribution in [1.29, 1.82) is 0 Å². The summed E-state index contributed by atoms with van der Waals surface area (Å²) in [6.45, 7) is 2.21. The minimum Gasteiger partial charge on any atom is -0.490 e. The van der Waals surface area contributed by atoms with Crippen LogP contribution >= 0.6 is 0 Å². The van der Waals surface area contributed by atoms with Gasteiger partial charge in [0.25, 0.3) is 0 Å². The molecule has 1 aliphatic heterocycles. The predicted molar refractivity (Wildman–Crippen MR) is 118 cm³/mol. The Morgan fingerprint density at radius 3 is 2.87 bits per heavy atom. The molecular weight excluding hydrogens is 378 g/mol. The molecule has 0 fully saturated rings. The Labute approximate surface area is 173 Å². The van der Waals surface area contributed by atoms with E-state index < -0.39 is 0 Å². The molecule has 3 N–H and O–H groups in total. The molecule has 7 heteroatoms. The van der Waals surface area contributed by atoms with E-state index in [2.05, 4.69) is 37.6 Å². The predicted octanol–water partition coefficient (Wildman–Crippen LogP) is 4.61. The van der Waals surface area contributed by atoms with E-state index in [1.165, 1.54) is 5.56 Å². The van der Waals surface area contributed by atoms with E-state index in [0.717, 1.165) is 35.6 Å². The highest BCUT2D eigenvalue weighted by Gasteiger charge is 2.19. The lowest BCUT2D eigenvalue weighted by Gasteiger charge is -2.31. The summed E-state index contributed by atoms with van der Waals surface area (Å²) in [5, 5.41) is 6.66. The fourth-order valence-corrected chi connectivity index (χ4v) is 3.60. The Morgan fingerprint density at radius 2 is 1.97 bits per heavy atom. The van der Waals surface area contributed by atoms with Crippen molar-refractivity contribution in [3.63, 3.8) is 0 Å². The maximum atomic E-state index is 12.5. The number of nitrogens with one attached hydrogen (secondary N) is 3. The highest BCUT2D eigenvalue weighted by molar-refractivity contribution is 6.00. The molecule has 0 unspecified atom stereocenters. The Bertz CT molecular complexity index is 1190. The zero-order chi connectivity index (χ0) is 20.3. The molecule has 1 aliphatic rings. The number of hydrogen-bond donors (Lipinski definition) is 3. The quantitative estimate of drug-likeness (QED) is 0.468. The fourth-order valence-electron chi connectivity index (χ4n) is 3.60. The van der Waals surface area contributed by atoms with Gasteiger partial charge in [-0.05, 0) is 42.0 Å². The number of fused-ring (bicyclic) bond motifs is 2. The van der Waals surface area contributed by atoms with Gasteiger partial charge in [0.2, 0.25) is 0 Å². The Balaban J connectivity index is 1.31. The van der Waals surface area contributed by atoms with Crippen molar-refractivity contribution in [2.75, 3.05) is 28.7 Å². The van der Waals surface area contributed by atoms with Crippen molar-refractivity contribution in [2.24, 2.45) is 0 Å². The van der Waals surface area contributed by atoms with Crippen LogP contribution in [0.4, 0.5) is 22.0 Å². The van der Waals surface area contributed by atoms with Crippen molar-refractivity contribution in [2.45, 2.75) is 6.54 Å². The van der Waals surface area contributed by atoms with Crippen LogP contribution in [-0.4, -0.2) is 29.2 Å². The number of anilines is 3. The molecule has 2 aromatic heterocycles. The van der Waals surface area contributed by atoms with Gasteiger partial charge in [-0.3, -0.25) is 5.32 Å². The molecule has 3 heterocycles. The van der Waals surface area contributed by atoms with Crippen LogP contribution in [0.3, 0.4) is 0 Å². The third kappa shape index (κ3) is 3.77. The molecule has 0 aliphatic carbocycles. The van der Waals surface area contributed by atoms with Crippen LogP contribution in [-0.2, 0) is 6.54 Å². The van der Waals surface area contributed by atoms with E-state index in [9.17, 15) is 4.79 Å². The number of ether oxygens (including phenoxy) is 1. The summed E-state index contributed by atoms with van der Waals surface area (Å²) in [5.74, 6) is 1.30. The van der Waals surface area contributed by atoms with Crippen molar-refractivity contribution in [3.05, 3.63) is 78.5 Å². The number of aromatic amines is 1. The van der Waals surface area contributed by atoms with Crippen molar-refractivity contribution >= 4 is 34.3 Å². The largest absolute Gasteiger partial charge is 0.490 e. The van der Waals surface area contributed by atoms with E-state index in [0.29, 0.717) is 18.1 Å². The lowest BCUT2D eigenvalue weighted by atomic mass is 10.1. The Morgan fingerprint density at radius 1 is 1.07 bits per heavy atom. The number of carbonyl (C=O) groups excluding carboxylic acids is 1. The van der Waals surface area contributed by atoms with Gasteiger partial charge < -0.3 is 19.9 Å². The standard InChI is InChI=1S/C23H21N5O2/c29-23(27-21-9-6-17-10-11-24-22(17)26-21)25-18-7-8-20-19(14-18)28(12-13-30-20)15-16-4-2-1-3-5-16/h1-11,14H,12-13,15H2,(H3,24,25,26,27,29). The number of urea groups is 1. The lowest BCUT2D eigenvalue weighted by Crippen LogP contribution is -2.32. The summed E-state index contributed by atoms with van der Waals surface area (Å²) in [4.78, 5) is 22.2. The third-order valence-electron chi connectivity index (χ3n) is 5.04. The molecule has 0 atom stereocenters. The van der Waals surface area contributed by atoms with Gasteiger partial charge in [0.15, 0.2) is 0 Å². The normalized spacial score (nSPS) is 12.9. The Hall–Kier alpha value is -4.00. The van der Waals surface area contributed by atoms with Crippen LogP contribution in [0.15, 0.2) is 72.9 Å². The summed E-state index contributed by atoms with van der Waals surface area (Å²) >= 11 is 0. The van der Waals surface area contributed by atoms with Gasteiger partial charge in [-0.25, -0.2) is 9.78 Å². The molecule has 30 heavy (non-hydrogen) atoms. The molecule has 5 rings (SSSR count). The summed E-state index contributed by atoms with van der Waals surface area (Å²) in [6.07, 6.45) is 1.82. The molecule has 0 saturated heterocycles. The fraction of sp³-hybridized carbons (Fsp3) is 0.130. The maximum absolute atomic E-state index is 12.5. The van der Waals surface area contributed by atoms with E-state index in [1.54, 1.807) is 6.07 Å². The van der Waals surface area contributed by atoms with Crippen LogP contribution in [0.1, 0.15) is 5.56 Å². The third-order valence-corrected chi connectivity index (χ3v) is 5.04. The van der Waals surface area contributed by atoms with Gasteiger partial charge in [-0.15, -0.1) is 0 Å². The van der Waals surface area contributed by atoms with Gasteiger partial charge in [-0.2, -0.15) is 0 Å². The van der Waals surface area contributed by atoms with Crippen molar-refractivity contribution < 1.29 is 9.53 Å². The van der Waals surface area contributed by atoms with Crippen LogP contribution in [0.2, 0.25) is 0 Å². The molecule has 0 radical (unpaired) electrons. The molecular formula is C23H21N5O2. The topological polar surface area (TPSA) is 82.3 Å². The smallest absolute Gasteiger partial charge is 0.324 e. The summed E-state index contributed by atoms with van der Waals surface area (Å²) in [6, 6.07) is 21.3. The number of nitrogens with zero attached hydrogens (tertiary/aromatic N) is 2. The summed E-state index contributed by atoms with van der Waals surface area (Å²) in [5.41, 5.74) is 3.62. The van der Waals surface area contributed by atoms with Crippen LogP contribution in [0.25, 0.3) is 11.0 Å². The lowest BCUT2D eigenvalue weighted by molar-refractivity contribution is 0.262. The number of aromatic nitrogens is 2. The molecule has 2 aromatic carbocycles. The molecule has 150 valence electrons. The molecule has 2 amide bonds. The van der Waals surface area contributed by atoms with Gasteiger partial charge in [-0.1, -0.05) is 30.3 Å². The number of pyridine rings is 1. The van der Waals surface area contributed by atoms with Gasteiger partial charge in [0, 0.05) is 23.8 Å². The number of hydrogen-bond acceptors (Lipinski definition) is 4. The summed E-state index contributed by atoms with van der Waals surface area (Å²) in [7, 11) is 0. The molecule has 0 spiro atoms. The number of H-pyrrole nitrogens is 1. The average molecular weight is 399 g/mol. The molecule has 0 saturated carbocycles. The van der Waals surface area contributed by atoms with Crippen LogP contribution < -0.4 is 20.3 Å². The minimum atomic E-state index is -0.348. The van der Waals surface area contributed by atoms with E-state index in [4.69, 9.17) is 4.74 Å². The molecule has 0 bridgehead atoms. The van der Waals surface area contributed by atoms with Gasteiger partial charge in [0.1, 0.15) is 23.8 Å². The zero-order valence-electron chi connectivity index (χ0n) is 16.3. The number of benzene rings is 2. The second kappa shape index (κ2) is 7.79. The Kier molecular flexibility index (Phi) is 4.69.